The highest BCUT2D eigenvalue weighted by Crippen LogP contribution is 2.37. The molecule has 0 N–H and O–H groups in total. The van der Waals surface area contributed by atoms with Gasteiger partial charge in [-0.15, -0.1) is 10.2 Å². The van der Waals surface area contributed by atoms with Gasteiger partial charge in [-0.2, -0.15) is 13.2 Å². The smallest absolute Gasteiger partial charge is 0.371 e. The van der Waals surface area contributed by atoms with Crippen LogP contribution in [-0.2, 0) is 23.9 Å². The molecule has 3 heterocycles. The van der Waals surface area contributed by atoms with Crippen molar-refractivity contribution < 1.29 is 26.7 Å². The first-order valence-corrected chi connectivity index (χ1v) is 10.5. The van der Waals surface area contributed by atoms with E-state index in [2.05, 4.69) is 10.2 Å². The minimum Gasteiger partial charge on any atom is -0.371 e. The molecule has 170 valence electrons. The van der Waals surface area contributed by atoms with E-state index in [1.54, 1.807) is 11.1 Å². The van der Waals surface area contributed by atoms with Crippen molar-refractivity contribution in [2.45, 2.75) is 38.1 Å². The zero-order valence-corrected chi connectivity index (χ0v) is 17.1. The number of hydrogen-bond acceptors (Lipinski definition) is 4. The summed E-state index contributed by atoms with van der Waals surface area (Å²) in [4.78, 5) is 1.78. The van der Waals surface area contributed by atoms with Crippen LogP contribution in [0.5, 0.6) is 0 Å². The summed E-state index contributed by atoms with van der Waals surface area (Å²) in [5, 5.41) is 7.88. The van der Waals surface area contributed by atoms with Gasteiger partial charge < -0.3 is 4.74 Å². The Morgan fingerprint density at radius 3 is 2.62 bits per heavy atom. The lowest BCUT2D eigenvalue weighted by Crippen LogP contribution is -2.38. The predicted molar refractivity (Wildman–Crippen MR) is 105 cm³/mol. The maximum Gasteiger partial charge on any atom is 0.420 e. The van der Waals surface area contributed by atoms with Gasteiger partial charge in [-0.1, -0.05) is 6.07 Å². The van der Waals surface area contributed by atoms with Crippen molar-refractivity contribution >= 4 is 5.65 Å². The molecule has 1 saturated carbocycles. The Morgan fingerprint density at radius 2 is 1.91 bits per heavy atom. The fourth-order valence-electron chi connectivity index (χ4n) is 4.24. The van der Waals surface area contributed by atoms with Crippen LogP contribution in [0.1, 0.15) is 41.5 Å². The Kier molecular flexibility index (Phi) is 5.37. The molecule has 1 saturated heterocycles. The molecule has 1 aromatic carbocycles. The van der Waals surface area contributed by atoms with E-state index in [-0.39, 0.29) is 36.5 Å². The summed E-state index contributed by atoms with van der Waals surface area (Å²) in [7, 11) is 0. The topological polar surface area (TPSA) is 42.7 Å². The van der Waals surface area contributed by atoms with E-state index in [1.807, 2.05) is 0 Å². The summed E-state index contributed by atoms with van der Waals surface area (Å²) in [6.45, 7) is 0.798. The lowest BCUT2D eigenvalue weighted by Gasteiger charge is -2.33. The highest BCUT2D eigenvalue weighted by molar-refractivity contribution is 5.53. The number of alkyl halides is 3. The molecule has 1 atom stereocenters. The van der Waals surface area contributed by atoms with Gasteiger partial charge in [0, 0.05) is 43.9 Å². The molecule has 0 unspecified atom stereocenters. The third-order valence-corrected chi connectivity index (χ3v) is 6.04. The fourth-order valence-corrected chi connectivity index (χ4v) is 4.24. The van der Waals surface area contributed by atoms with Gasteiger partial charge in [0.1, 0.15) is 23.0 Å². The van der Waals surface area contributed by atoms with Crippen LogP contribution in [0.4, 0.5) is 22.0 Å². The van der Waals surface area contributed by atoms with E-state index in [4.69, 9.17) is 4.74 Å². The summed E-state index contributed by atoms with van der Waals surface area (Å²) in [5.74, 6) is -0.427. The van der Waals surface area contributed by atoms with Crippen LogP contribution in [0.15, 0.2) is 30.5 Å². The molecule has 5 rings (SSSR count). The van der Waals surface area contributed by atoms with Crippen LogP contribution in [0.3, 0.4) is 0 Å². The number of fused-ring (bicyclic) bond motifs is 1. The molecule has 10 heteroatoms. The maximum absolute atomic E-state index is 14.2. The number of morpholine rings is 1. The van der Waals surface area contributed by atoms with Crippen molar-refractivity contribution in [3.63, 3.8) is 0 Å². The monoisotopic (exact) mass is 452 g/mol. The van der Waals surface area contributed by atoms with Gasteiger partial charge in [0.25, 0.3) is 0 Å². The third kappa shape index (κ3) is 4.21. The molecule has 0 spiro atoms. The van der Waals surface area contributed by atoms with Crippen LogP contribution in [0, 0.1) is 17.6 Å². The Labute approximate surface area is 180 Å². The number of hydrogen-bond donors (Lipinski definition) is 0. The second-order valence-corrected chi connectivity index (χ2v) is 8.43. The van der Waals surface area contributed by atoms with Gasteiger partial charge in [0.2, 0.25) is 0 Å². The molecule has 32 heavy (non-hydrogen) atoms. The van der Waals surface area contributed by atoms with E-state index in [0.717, 1.165) is 25.0 Å². The van der Waals surface area contributed by atoms with Crippen molar-refractivity contribution in [2.24, 2.45) is 5.92 Å². The number of benzene rings is 1. The summed E-state index contributed by atoms with van der Waals surface area (Å²) >= 11 is 0. The highest BCUT2D eigenvalue weighted by atomic mass is 19.4. The minimum atomic E-state index is -4.60. The summed E-state index contributed by atoms with van der Waals surface area (Å²) in [5.41, 5.74) is -0.731. The number of pyridine rings is 1. The van der Waals surface area contributed by atoms with Gasteiger partial charge in [-0.05, 0) is 36.5 Å². The first-order chi connectivity index (χ1) is 15.3. The van der Waals surface area contributed by atoms with Crippen molar-refractivity contribution in [1.29, 1.82) is 0 Å². The van der Waals surface area contributed by atoms with Gasteiger partial charge in [-0.25, -0.2) is 8.78 Å². The minimum absolute atomic E-state index is 0.00116. The first-order valence-electron chi connectivity index (χ1n) is 10.5. The maximum atomic E-state index is 14.2. The quantitative estimate of drug-likeness (QED) is 0.533. The van der Waals surface area contributed by atoms with Gasteiger partial charge >= 0.3 is 6.18 Å². The number of aromatic nitrogens is 3. The molecule has 1 aliphatic heterocycles. The molecule has 2 aromatic heterocycles. The molecule has 3 aromatic rings. The number of nitrogens with zero attached hydrogens (tertiary/aromatic N) is 4. The number of halogens is 5. The highest BCUT2D eigenvalue weighted by Gasteiger charge is 2.38. The Bertz CT molecular complexity index is 1140. The SMILES string of the molecule is Fc1ccc([C@@H]2CN(Cc3ccn4c(CC5CC5)nnc4c3C(F)(F)F)CCO2)c(F)c1. The largest absolute Gasteiger partial charge is 0.420 e. The molecular weight excluding hydrogens is 431 g/mol. The summed E-state index contributed by atoms with van der Waals surface area (Å²) in [6, 6.07) is 4.68. The van der Waals surface area contributed by atoms with Crippen LogP contribution < -0.4 is 0 Å². The van der Waals surface area contributed by atoms with Gasteiger partial charge in [0.05, 0.1) is 12.7 Å². The molecule has 0 bridgehead atoms. The molecule has 2 aliphatic rings. The van der Waals surface area contributed by atoms with Crippen LogP contribution in [0.25, 0.3) is 5.65 Å². The van der Waals surface area contributed by atoms with Crippen LogP contribution >= 0.6 is 0 Å². The van der Waals surface area contributed by atoms with Crippen molar-refractivity contribution in [3.8, 4) is 0 Å². The van der Waals surface area contributed by atoms with Gasteiger partial charge in [0.15, 0.2) is 5.65 Å². The van der Waals surface area contributed by atoms with Crippen molar-refractivity contribution in [2.75, 3.05) is 19.7 Å². The summed E-state index contributed by atoms with van der Waals surface area (Å²) < 4.78 is 76.6. The average Bonchev–Trinajstić information content (AvgIpc) is 3.46. The lowest BCUT2D eigenvalue weighted by molar-refractivity contribution is -0.137. The average molecular weight is 452 g/mol. The van der Waals surface area contributed by atoms with E-state index in [0.29, 0.717) is 24.7 Å². The molecule has 2 fully saturated rings. The lowest BCUT2D eigenvalue weighted by atomic mass is 10.0. The van der Waals surface area contributed by atoms with E-state index in [9.17, 15) is 22.0 Å². The molecule has 1 aliphatic carbocycles. The zero-order valence-electron chi connectivity index (χ0n) is 17.1. The van der Waals surface area contributed by atoms with E-state index < -0.39 is 29.5 Å². The zero-order chi connectivity index (χ0) is 22.5. The van der Waals surface area contributed by atoms with Crippen LogP contribution in [0.2, 0.25) is 0 Å². The molecule has 5 nitrogen and oxygen atoms in total. The van der Waals surface area contributed by atoms with E-state index in [1.165, 1.54) is 16.5 Å². The normalized spacial score (nSPS) is 20.2. The first kappa shape index (κ1) is 21.3. The van der Waals surface area contributed by atoms with Crippen molar-refractivity contribution in [3.05, 3.63) is 64.6 Å². The third-order valence-electron chi connectivity index (χ3n) is 6.04. The standard InChI is InChI=1S/C22H21F5N4O/c23-15-3-4-16(17(24)10-15)18-12-30(7-8-32-18)11-14-5-6-31-19(9-13-1-2-13)28-29-21(31)20(14)22(25,26)27/h3-6,10,13,18H,1-2,7-9,11-12H2/t18-/m0/s1. The molecular formula is C22H21F5N4O. The predicted octanol–water partition coefficient (Wildman–Crippen LogP) is 4.55. The van der Waals surface area contributed by atoms with Gasteiger partial charge in [-0.3, -0.25) is 9.30 Å². The number of rotatable bonds is 5. The Hall–Kier alpha value is -2.59. The molecule has 0 radical (unpaired) electrons. The van der Waals surface area contributed by atoms with E-state index >= 15 is 0 Å². The molecule has 0 amide bonds. The van der Waals surface area contributed by atoms with Crippen LogP contribution in [-0.4, -0.2) is 39.2 Å². The Balaban J connectivity index is 1.42. The second kappa shape index (κ2) is 8.08. The van der Waals surface area contributed by atoms with Crippen molar-refractivity contribution in [1.82, 2.24) is 19.5 Å². The number of ether oxygens (including phenoxy) is 1. The fraction of sp³-hybridized carbons (Fsp3) is 0.455. The summed E-state index contributed by atoms with van der Waals surface area (Å²) in [6.07, 6.45) is -0.962. The second-order valence-electron chi connectivity index (χ2n) is 8.43. The Morgan fingerprint density at radius 1 is 1.09 bits per heavy atom.